The Hall–Kier alpha value is -0.0800. The van der Waals surface area contributed by atoms with E-state index in [1.807, 2.05) is 0 Å². The summed E-state index contributed by atoms with van der Waals surface area (Å²) in [7, 11) is 0. The SMILES string of the molecule is CCNC(=NCCO)NC1CC(OCC)C12CCCC2.I. The molecular weight excluding hydrogens is 381 g/mol. The molecule has 0 saturated heterocycles. The molecule has 2 unspecified atom stereocenters. The molecule has 2 fully saturated rings. The highest BCUT2D eigenvalue weighted by Gasteiger charge is 2.56. The van der Waals surface area contributed by atoms with Crippen molar-refractivity contribution in [1.82, 2.24) is 10.6 Å². The molecule has 0 radical (unpaired) electrons. The Morgan fingerprint density at radius 1 is 1.33 bits per heavy atom. The average molecular weight is 411 g/mol. The molecule has 2 atom stereocenters. The molecule has 0 aromatic rings. The molecule has 2 aliphatic rings. The summed E-state index contributed by atoms with van der Waals surface area (Å²) in [5.41, 5.74) is 0.311. The number of aliphatic imine (C=N–C) groups is 1. The lowest BCUT2D eigenvalue weighted by Gasteiger charge is -2.54. The van der Waals surface area contributed by atoms with Crippen LogP contribution in [0.4, 0.5) is 0 Å². The monoisotopic (exact) mass is 411 g/mol. The van der Waals surface area contributed by atoms with Crippen molar-refractivity contribution in [2.75, 3.05) is 26.3 Å². The summed E-state index contributed by atoms with van der Waals surface area (Å²) in [5.74, 6) is 0.827. The Balaban J connectivity index is 0.00000220. The summed E-state index contributed by atoms with van der Waals surface area (Å²) >= 11 is 0. The number of nitrogens with zero attached hydrogens (tertiary/aromatic N) is 1. The number of halogens is 1. The zero-order valence-corrected chi connectivity index (χ0v) is 15.6. The van der Waals surface area contributed by atoms with Crippen LogP contribution in [0.2, 0.25) is 0 Å². The Labute approximate surface area is 145 Å². The minimum Gasteiger partial charge on any atom is -0.394 e. The summed E-state index contributed by atoms with van der Waals surface area (Å²) in [5, 5.41) is 15.7. The fourth-order valence-electron chi connectivity index (χ4n) is 3.74. The maximum atomic E-state index is 8.92. The summed E-state index contributed by atoms with van der Waals surface area (Å²) in [6, 6.07) is 0.457. The molecule has 0 amide bonds. The van der Waals surface area contributed by atoms with E-state index < -0.39 is 0 Å². The van der Waals surface area contributed by atoms with E-state index in [9.17, 15) is 0 Å². The number of guanidine groups is 1. The molecule has 0 aromatic carbocycles. The molecule has 0 heterocycles. The molecule has 2 rings (SSSR count). The summed E-state index contributed by atoms with van der Waals surface area (Å²) < 4.78 is 5.93. The second-order valence-electron chi connectivity index (χ2n) is 5.80. The first-order valence-electron chi connectivity index (χ1n) is 8.04. The van der Waals surface area contributed by atoms with Crippen molar-refractivity contribution in [3.05, 3.63) is 0 Å². The van der Waals surface area contributed by atoms with Gasteiger partial charge in [0.05, 0.1) is 19.3 Å². The van der Waals surface area contributed by atoms with Gasteiger partial charge >= 0.3 is 0 Å². The predicted octanol–water partition coefficient (Wildman–Crippen LogP) is 1.89. The van der Waals surface area contributed by atoms with Crippen LogP contribution in [-0.2, 0) is 4.74 Å². The third-order valence-electron chi connectivity index (χ3n) is 4.71. The van der Waals surface area contributed by atoms with Crippen LogP contribution < -0.4 is 10.6 Å². The Morgan fingerprint density at radius 2 is 2.05 bits per heavy atom. The topological polar surface area (TPSA) is 65.9 Å². The molecule has 5 nitrogen and oxygen atoms in total. The molecule has 0 aliphatic heterocycles. The molecular formula is C15H30IN3O2. The molecule has 2 saturated carbocycles. The van der Waals surface area contributed by atoms with E-state index in [0.29, 0.717) is 24.1 Å². The molecule has 0 bridgehead atoms. The predicted molar refractivity (Wildman–Crippen MR) is 96.3 cm³/mol. The van der Waals surface area contributed by atoms with E-state index in [1.54, 1.807) is 0 Å². The van der Waals surface area contributed by atoms with Crippen LogP contribution >= 0.6 is 24.0 Å². The van der Waals surface area contributed by atoms with Gasteiger partial charge in [-0.25, -0.2) is 0 Å². The summed E-state index contributed by atoms with van der Waals surface area (Å²) in [6.45, 7) is 6.32. The van der Waals surface area contributed by atoms with Gasteiger partial charge in [-0.2, -0.15) is 0 Å². The van der Waals surface area contributed by atoms with Gasteiger partial charge in [-0.1, -0.05) is 12.8 Å². The van der Waals surface area contributed by atoms with E-state index in [1.165, 1.54) is 25.7 Å². The number of ether oxygens (including phenoxy) is 1. The van der Waals surface area contributed by atoms with Gasteiger partial charge in [-0.15, -0.1) is 24.0 Å². The van der Waals surface area contributed by atoms with Crippen LogP contribution in [0.1, 0.15) is 46.0 Å². The minimum absolute atomic E-state index is 0. The zero-order chi connectivity index (χ0) is 14.4. The second kappa shape index (κ2) is 9.15. The first-order chi connectivity index (χ1) is 9.76. The molecule has 6 heteroatoms. The highest BCUT2D eigenvalue weighted by Crippen LogP contribution is 2.54. The number of nitrogens with one attached hydrogen (secondary N) is 2. The molecule has 21 heavy (non-hydrogen) atoms. The van der Waals surface area contributed by atoms with Crippen LogP contribution in [0.3, 0.4) is 0 Å². The van der Waals surface area contributed by atoms with E-state index in [-0.39, 0.29) is 30.6 Å². The van der Waals surface area contributed by atoms with Crippen molar-refractivity contribution in [2.45, 2.75) is 58.1 Å². The smallest absolute Gasteiger partial charge is 0.191 e. The van der Waals surface area contributed by atoms with Crippen LogP contribution in [0, 0.1) is 5.41 Å². The van der Waals surface area contributed by atoms with Gasteiger partial charge in [0.25, 0.3) is 0 Å². The standard InChI is InChI=1S/C15H29N3O2.HI/c1-3-16-14(17-9-10-19)18-12-11-13(20-4-2)15(12)7-5-6-8-15;/h12-13,19H,3-11H2,1-2H3,(H2,16,17,18);1H. The molecule has 1 spiro atoms. The Kier molecular flexibility index (Phi) is 8.26. The van der Waals surface area contributed by atoms with E-state index in [2.05, 4.69) is 29.5 Å². The fraction of sp³-hybridized carbons (Fsp3) is 0.933. The van der Waals surface area contributed by atoms with E-state index in [0.717, 1.165) is 25.5 Å². The lowest BCUT2D eigenvalue weighted by Crippen LogP contribution is -2.65. The van der Waals surface area contributed by atoms with Gasteiger partial charge < -0.3 is 20.5 Å². The largest absolute Gasteiger partial charge is 0.394 e. The maximum absolute atomic E-state index is 8.92. The highest BCUT2D eigenvalue weighted by molar-refractivity contribution is 14.0. The van der Waals surface area contributed by atoms with Gasteiger partial charge in [-0.3, -0.25) is 4.99 Å². The first kappa shape index (κ1) is 19.0. The number of hydrogen-bond donors (Lipinski definition) is 3. The maximum Gasteiger partial charge on any atom is 0.191 e. The van der Waals surface area contributed by atoms with E-state index in [4.69, 9.17) is 9.84 Å². The molecule has 0 aromatic heterocycles. The third kappa shape index (κ3) is 4.22. The zero-order valence-electron chi connectivity index (χ0n) is 13.2. The summed E-state index contributed by atoms with van der Waals surface area (Å²) in [6.07, 6.45) is 6.62. The van der Waals surface area contributed by atoms with Gasteiger partial charge in [0.1, 0.15) is 0 Å². The number of hydrogen-bond acceptors (Lipinski definition) is 3. The normalized spacial score (nSPS) is 27.1. The number of aliphatic hydroxyl groups is 1. The molecule has 124 valence electrons. The fourth-order valence-corrected chi connectivity index (χ4v) is 3.74. The third-order valence-corrected chi connectivity index (χ3v) is 4.71. The van der Waals surface area contributed by atoms with Crippen molar-refractivity contribution < 1.29 is 9.84 Å². The summed E-state index contributed by atoms with van der Waals surface area (Å²) in [4.78, 5) is 4.38. The Morgan fingerprint density at radius 3 is 2.62 bits per heavy atom. The lowest BCUT2D eigenvalue weighted by molar-refractivity contribution is -0.125. The van der Waals surface area contributed by atoms with Crippen molar-refractivity contribution in [2.24, 2.45) is 10.4 Å². The van der Waals surface area contributed by atoms with Crippen LogP contribution in [0.15, 0.2) is 4.99 Å². The van der Waals surface area contributed by atoms with Gasteiger partial charge in [-0.05, 0) is 33.1 Å². The van der Waals surface area contributed by atoms with Gasteiger partial charge in [0, 0.05) is 24.6 Å². The van der Waals surface area contributed by atoms with Crippen molar-refractivity contribution >= 4 is 29.9 Å². The van der Waals surface area contributed by atoms with Crippen LogP contribution in [0.5, 0.6) is 0 Å². The molecule has 2 aliphatic carbocycles. The van der Waals surface area contributed by atoms with Crippen molar-refractivity contribution in [1.29, 1.82) is 0 Å². The van der Waals surface area contributed by atoms with Crippen molar-refractivity contribution in [3.8, 4) is 0 Å². The highest BCUT2D eigenvalue weighted by atomic mass is 127. The first-order valence-corrected chi connectivity index (χ1v) is 8.04. The quantitative estimate of drug-likeness (QED) is 0.355. The van der Waals surface area contributed by atoms with Gasteiger partial charge in [0.15, 0.2) is 5.96 Å². The van der Waals surface area contributed by atoms with Crippen molar-refractivity contribution in [3.63, 3.8) is 0 Å². The van der Waals surface area contributed by atoms with E-state index >= 15 is 0 Å². The van der Waals surface area contributed by atoms with Crippen LogP contribution in [-0.4, -0.2) is 49.5 Å². The van der Waals surface area contributed by atoms with Crippen LogP contribution in [0.25, 0.3) is 0 Å². The Bertz CT molecular complexity index is 333. The van der Waals surface area contributed by atoms with Gasteiger partial charge in [0.2, 0.25) is 0 Å². The average Bonchev–Trinajstić information content (AvgIpc) is 2.96. The number of rotatable bonds is 6. The lowest BCUT2D eigenvalue weighted by atomic mass is 9.60. The molecule has 3 N–H and O–H groups in total. The number of aliphatic hydroxyl groups excluding tert-OH is 1. The minimum atomic E-state index is 0. The second-order valence-corrected chi connectivity index (χ2v) is 5.80.